The first-order valence-electron chi connectivity index (χ1n) is 10.1. The Balaban J connectivity index is 1.48. The van der Waals surface area contributed by atoms with Crippen LogP contribution >= 0.6 is 12.2 Å². The van der Waals surface area contributed by atoms with Crippen LogP contribution in [-0.4, -0.2) is 26.0 Å². The van der Waals surface area contributed by atoms with Crippen LogP contribution in [0.5, 0.6) is 0 Å². The molecule has 0 aliphatic carbocycles. The van der Waals surface area contributed by atoms with Crippen molar-refractivity contribution in [3.05, 3.63) is 82.9 Å². The van der Waals surface area contributed by atoms with E-state index in [4.69, 9.17) is 12.2 Å². The molecule has 7 heteroatoms. The molecule has 3 aromatic carbocycles. The number of anilines is 1. The molecule has 0 atom stereocenters. The van der Waals surface area contributed by atoms with Crippen molar-refractivity contribution in [3.63, 3.8) is 0 Å². The van der Waals surface area contributed by atoms with E-state index in [1.807, 2.05) is 56.3 Å². The molecule has 0 aliphatic rings. The quantitative estimate of drug-likeness (QED) is 0.459. The molecule has 4 aromatic rings. The van der Waals surface area contributed by atoms with Crippen LogP contribution in [-0.2, 0) is 6.42 Å². The van der Waals surface area contributed by atoms with Crippen LogP contribution < -0.4 is 10.6 Å². The van der Waals surface area contributed by atoms with Gasteiger partial charge in [0.2, 0.25) is 0 Å². The lowest BCUT2D eigenvalue weighted by molar-refractivity contribution is 0.0977. The van der Waals surface area contributed by atoms with Gasteiger partial charge in [-0.25, -0.2) is 0 Å². The van der Waals surface area contributed by atoms with Crippen molar-refractivity contribution in [2.75, 3.05) is 5.32 Å². The van der Waals surface area contributed by atoms with Crippen molar-refractivity contribution >= 4 is 40.0 Å². The molecular weight excluding hydrogens is 406 g/mol. The number of fused-ring (bicyclic) bond motifs is 1. The molecule has 0 spiro atoms. The largest absolute Gasteiger partial charge is 0.332 e. The summed E-state index contributed by atoms with van der Waals surface area (Å²) in [4.78, 5) is 14.2. The van der Waals surface area contributed by atoms with Gasteiger partial charge in [0, 0.05) is 11.3 Å². The number of rotatable bonds is 4. The zero-order valence-electron chi connectivity index (χ0n) is 17.6. The van der Waals surface area contributed by atoms with Crippen molar-refractivity contribution in [3.8, 4) is 5.69 Å². The van der Waals surface area contributed by atoms with E-state index >= 15 is 0 Å². The zero-order valence-corrected chi connectivity index (χ0v) is 18.5. The minimum Gasteiger partial charge on any atom is -0.332 e. The Morgan fingerprint density at radius 1 is 0.968 bits per heavy atom. The van der Waals surface area contributed by atoms with Gasteiger partial charge < -0.3 is 5.32 Å². The van der Waals surface area contributed by atoms with Gasteiger partial charge in [0.1, 0.15) is 11.0 Å². The lowest BCUT2D eigenvalue weighted by Crippen LogP contribution is -2.34. The highest BCUT2D eigenvalue weighted by atomic mass is 32.1. The number of thiocarbonyl (C=S) groups is 1. The van der Waals surface area contributed by atoms with Crippen LogP contribution in [0.15, 0.2) is 60.7 Å². The van der Waals surface area contributed by atoms with E-state index in [0.717, 1.165) is 40.0 Å². The first-order chi connectivity index (χ1) is 14.9. The number of hydrogen-bond acceptors (Lipinski definition) is 4. The third-order valence-electron chi connectivity index (χ3n) is 5.07. The number of amides is 1. The molecule has 1 heterocycles. The van der Waals surface area contributed by atoms with Gasteiger partial charge in [-0.05, 0) is 80.0 Å². The highest BCUT2D eigenvalue weighted by molar-refractivity contribution is 7.80. The highest BCUT2D eigenvalue weighted by Gasteiger charge is 2.12. The van der Waals surface area contributed by atoms with Gasteiger partial charge in [0.15, 0.2) is 5.11 Å². The summed E-state index contributed by atoms with van der Waals surface area (Å²) in [6.45, 7) is 6.03. The van der Waals surface area contributed by atoms with Crippen LogP contribution in [0.2, 0.25) is 0 Å². The van der Waals surface area contributed by atoms with Gasteiger partial charge in [-0.3, -0.25) is 10.1 Å². The molecule has 0 bridgehead atoms. The van der Waals surface area contributed by atoms with E-state index in [-0.39, 0.29) is 11.0 Å². The summed E-state index contributed by atoms with van der Waals surface area (Å²) >= 11 is 5.33. The minimum atomic E-state index is -0.238. The lowest BCUT2D eigenvalue weighted by atomic mass is 10.1. The summed E-state index contributed by atoms with van der Waals surface area (Å²) < 4.78 is 0. The molecule has 4 rings (SSSR count). The fraction of sp³-hybridized carbons (Fsp3) is 0.167. The minimum absolute atomic E-state index is 0.229. The predicted molar refractivity (Wildman–Crippen MR) is 128 cm³/mol. The van der Waals surface area contributed by atoms with Crippen molar-refractivity contribution in [2.24, 2.45) is 0 Å². The number of carbonyl (C=O) groups is 1. The van der Waals surface area contributed by atoms with Gasteiger partial charge in [0.05, 0.1) is 5.69 Å². The van der Waals surface area contributed by atoms with Crippen LogP contribution in [0.3, 0.4) is 0 Å². The fourth-order valence-electron chi connectivity index (χ4n) is 3.37. The first kappa shape index (κ1) is 20.7. The van der Waals surface area contributed by atoms with Crippen molar-refractivity contribution < 1.29 is 4.79 Å². The molecule has 0 fully saturated rings. The van der Waals surface area contributed by atoms with E-state index in [1.54, 1.807) is 10.9 Å². The number of aromatic nitrogens is 3. The molecule has 1 aromatic heterocycles. The number of nitrogens with zero attached hydrogens (tertiary/aromatic N) is 3. The number of nitrogens with one attached hydrogen (secondary N) is 2. The smallest absolute Gasteiger partial charge is 0.257 e. The molecule has 156 valence electrons. The van der Waals surface area contributed by atoms with E-state index in [2.05, 4.69) is 39.9 Å². The predicted octanol–water partition coefficient (Wildman–Crippen LogP) is 4.73. The van der Waals surface area contributed by atoms with Crippen molar-refractivity contribution in [1.82, 2.24) is 20.3 Å². The molecule has 0 saturated carbocycles. The Morgan fingerprint density at radius 3 is 2.42 bits per heavy atom. The van der Waals surface area contributed by atoms with Gasteiger partial charge in [-0.15, -0.1) is 10.2 Å². The summed E-state index contributed by atoms with van der Waals surface area (Å²) in [6, 6.07) is 19.4. The summed E-state index contributed by atoms with van der Waals surface area (Å²) in [5.41, 5.74) is 7.02. The van der Waals surface area contributed by atoms with Crippen LogP contribution in [0.4, 0.5) is 5.69 Å². The van der Waals surface area contributed by atoms with Crippen LogP contribution in [0.1, 0.15) is 34.0 Å². The molecule has 0 unspecified atom stereocenters. The van der Waals surface area contributed by atoms with Crippen molar-refractivity contribution in [2.45, 2.75) is 27.2 Å². The highest BCUT2D eigenvalue weighted by Crippen LogP contribution is 2.18. The number of carbonyl (C=O) groups excluding carboxylic acids is 1. The van der Waals surface area contributed by atoms with Crippen molar-refractivity contribution in [1.29, 1.82) is 0 Å². The average molecular weight is 430 g/mol. The van der Waals surface area contributed by atoms with Gasteiger partial charge >= 0.3 is 0 Å². The van der Waals surface area contributed by atoms with Gasteiger partial charge in [-0.1, -0.05) is 36.8 Å². The first-order valence-corrected chi connectivity index (χ1v) is 10.5. The molecule has 6 nitrogen and oxygen atoms in total. The maximum atomic E-state index is 12.5. The Hall–Kier alpha value is -3.58. The summed E-state index contributed by atoms with van der Waals surface area (Å²) in [7, 11) is 0. The molecule has 0 saturated heterocycles. The SMILES string of the molecule is CCc1ccc(-n2nc3ccc(NC(=S)NC(=O)c4ccc(C)cc4C)cc3n2)cc1. The number of benzene rings is 3. The standard InChI is InChI=1S/C24H23N5OS/c1-4-17-6-9-19(10-7-17)29-27-21-12-8-18(14-22(21)28-29)25-24(31)26-23(30)20-11-5-15(2)13-16(20)3/h5-14H,4H2,1-3H3,(H2,25,26,30,31). The van der Waals surface area contributed by atoms with Gasteiger partial charge in [-0.2, -0.15) is 4.80 Å². The second-order valence-corrected chi connectivity index (χ2v) is 7.85. The Bertz CT molecular complexity index is 1280. The van der Waals surface area contributed by atoms with Crippen LogP contribution in [0, 0.1) is 13.8 Å². The summed E-state index contributed by atoms with van der Waals surface area (Å²) in [5.74, 6) is -0.238. The number of hydrogen-bond donors (Lipinski definition) is 2. The van der Waals surface area contributed by atoms with E-state index in [9.17, 15) is 4.79 Å². The zero-order chi connectivity index (χ0) is 22.0. The Kier molecular flexibility index (Phi) is 5.77. The van der Waals surface area contributed by atoms with E-state index < -0.39 is 0 Å². The molecule has 31 heavy (non-hydrogen) atoms. The second kappa shape index (κ2) is 8.65. The molecule has 2 N–H and O–H groups in total. The summed E-state index contributed by atoms with van der Waals surface area (Å²) in [5, 5.41) is 15.1. The van der Waals surface area contributed by atoms with Crippen LogP contribution in [0.25, 0.3) is 16.7 Å². The molecular formula is C24H23N5OS. The maximum Gasteiger partial charge on any atom is 0.257 e. The molecule has 0 radical (unpaired) electrons. The van der Waals surface area contributed by atoms with E-state index in [1.165, 1.54) is 5.56 Å². The van der Waals surface area contributed by atoms with E-state index in [0.29, 0.717) is 5.56 Å². The Morgan fingerprint density at radius 2 is 1.71 bits per heavy atom. The number of aryl methyl sites for hydroxylation is 3. The lowest BCUT2D eigenvalue weighted by Gasteiger charge is -2.11. The third-order valence-corrected chi connectivity index (χ3v) is 5.27. The molecule has 1 amide bonds. The average Bonchev–Trinajstić information content (AvgIpc) is 3.17. The Labute approximate surface area is 186 Å². The summed E-state index contributed by atoms with van der Waals surface area (Å²) in [6.07, 6.45) is 0.990. The monoisotopic (exact) mass is 429 g/mol. The second-order valence-electron chi connectivity index (χ2n) is 7.44. The van der Waals surface area contributed by atoms with Gasteiger partial charge in [0.25, 0.3) is 5.91 Å². The molecule has 0 aliphatic heterocycles. The third kappa shape index (κ3) is 4.62. The fourth-order valence-corrected chi connectivity index (χ4v) is 3.58. The maximum absolute atomic E-state index is 12.5. The normalized spacial score (nSPS) is 10.8. The topological polar surface area (TPSA) is 71.8 Å².